The number of ketones is 1. The molecule has 5 heteroatoms. The number of rotatable bonds is 6. The minimum Gasteiger partial charge on any atom is -0.506 e. The van der Waals surface area contributed by atoms with Crippen molar-refractivity contribution in [1.82, 2.24) is 0 Å². The van der Waals surface area contributed by atoms with Gasteiger partial charge in [-0.15, -0.1) is 0 Å². The van der Waals surface area contributed by atoms with Crippen LogP contribution in [0.2, 0.25) is 0 Å². The Bertz CT molecular complexity index is 738. The van der Waals surface area contributed by atoms with Gasteiger partial charge < -0.3 is 19.9 Å². The highest BCUT2D eigenvalue weighted by Crippen LogP contribution is 2.28. The first-order valence-corrected chi connectivity index (χ1v) is 7.04. The van der Waals surface area contributed by atoms with Crippen LogP contribution in [-0.2, 0) is 0 Å². The largest absolute Gasteiger partial charge is 0.506 e. The van der Waals surface area contributed by atoms with Crippen molar-refractivity contribution >= 4 is 11.5 Å². The van der Waals surface area contributed by atoms with Crippen LogP contribution in [0.1, 0.15) is 15.9 Å². The molecule has 0 unspecified atom stereocenters. The molecule has 2 N–H and O–H groups in total. The maximum absolute atomic E-state index is 12.2. The lowest BCUT2D eigenvalue weighted by Crippen LogP contribution is -1.98. The number of hydrogen-bond acceptors (Lipinski definition) is 5. The van der Waals surface area contributed by atoms with Crippen molar-refractivity contribution in [3.05, 3.63) is 59.8 Å². The Morgan fingerprint density at radius 2 is 1.83 bits per heavy atom. The predicted molar refractivity (Wildman–Crippen MR) is 89.5 cm³/mol. The van der Waals surface area contributed by atoms with E-state index in [2.05, 4.69) is 5.32 Å². The third kappa shape index (κ3) is 4.03. The SMILES string of the molecule is COc1ccc(C(=O)C=CNc2ccc(C)cc2O)cc1OC. The maximum Gasteiger partial charge on any atom is 0.187 e. The van der Waals surface area contributed by atoms with E-state index < -0.39 is 0 Å². The van der Waals surface area contributed by atoms with Crippen LogP contribution < -0.4 is 14.8 Å². The molecule has 0 aromatic heterocycles. The summed E-state index contributed by atoms with van der Waals surface area (Å²) in [5, 5.41) is 12.7. The van der Waals surface area contributed by atoms with Crippen LogP contribution >= 0.6 is 0 Å². The third-order valence-corrected chi connectivity index (χ3v) is 3.29. The number of methoxy groups -OCH3 is 2. The summed E-state index contributed by atoms with van der Waals surface area (Å²) in [6.07, 6.45) is 2.88. The van der Waals surface area contributed by atoms with Crippen LogP contribution in [0.5, 0.6) is 17.2 Å². The number of ether oxygens (including phenoxy) is 2. The van der Waals surface area contributed by atoms with E-state index in [0.29, 0.717) is 22.7 Å². The molecule has 0 fully saturated rings. The highest BCUT2D eigenvalue weighted by molar-refractivity contribution is 6.05. The fourth-order valence-corrected chi connectivity index (χ4v) is 2.06. The summed E-state index contributed by atoms with van der Waals surface area (Å²) < 4.78 is 10.3. The molecule has 0 amide bonds. The smallest absolute Gasteiger partial charge is 0.187 e. The van der Waals surface area contributed by atoms with E-state index in [0.717, 1.165) is 5.56 Å². The van der Waals surface area contributed by atoms with Crippen molar-refractivity contribution in [2.24, 2.45) is 0 Å². The molecule has 0 saturated carbocycles. The number of phenolic OH excluding ortho intramolecular Hbond substituents is 1. The number of aromatic hydroxyl groups is 1. The second-order valence-electron chi connectivity index (χ2n) is 4.93. The molecule has 0 atom stereocenters. The Hall–Kier alpha value is -2.95. The van der Waals surface area contributed by atoms with Crippen LogP contribution in [0.3, 0.4) is 0 Å². The second kappa shape index (κ2) is 7.35. The van der Waals surface area contributed by atoms with E-state index in [-0.39, 0.29) is 11.5 Å². The molecule has 5 nitrogen and oxygen atoms in total. The van der Waals surface area contributed by atoms with Crippen LogP contribution in [0.4, 0.5) is 5.69 Å². The van der Waals surface area contributed by atoms with Gasteiger partial charge in [0, 0.05) is 17.8 Å². The first-order chi connectivity index (χ1) is 11.0. The lowest BCUT2D eigenvalue weighted by Gasteiger charge is -2.08. The number of carbonyl (C=O) groups is 1. The third-order valence-electron chi connectivity index (χ3n) is 3.29. The highest BCUT2D eigenvalue weighted by Gasteiger charge is 2.08. The molecular weight excluding hydrogens is 294 g/mol. The first-order valence-electron chi connectivity index (χ1n) is 7.04. The number of anilines is 1. The van der Waals surface area contributed by atoms with Gasteiger partial charge in [0.05, 0.1) is 19.9 Å². The Balaban J connectivity index is 2.09. The van der Waals surface area contributed by atoms with Gasteiger partial charge in [0.1, 0.15) is 5.75 Å². The van der Waals surface area contributed by atoms with Crippen LogP contribution in [0.15, 0.2) is 48.7 Å². The second-order valence-corrected chi connectivity index (χ2v) is 4.93. The monoisotopic (exact) mass is 313 g/mol. The molecule has 2 aromatic carbocycles. The van der Waals surface area contributed by atoms with Gasteiger partial charge in [-0.05, 0) is 42.8 Å². The molecule has 0 aliphatic rings. The highest BCUT2D eigenvalue weighted by atomic mass is 16.5. The van der Waals surface area contributed by atoms with Crippen LogP contribution in [-0.4, -0.2) is 25.1 Å². The molecule has 2 rings (SSSR count). The Kier molecular flexibility index (Phi) is 5.25. The van der Waals surface area contributed by atoms with Crippen molar-refractivity contribution in [3.63, 3.8) is 0 Å². The average molecular weight is 313 g/mol. The molecule has 0 saturated heterocycles. The number of carbonyl (C=O) groups excluding carboxylic acids is 1. The van der Waals surface area contributed by atoms with E-state index >= 15 is 0 Å². The summed E-state index contributed by atoms with van der Waals surface area (Å²) in [5.74, 6) is 1.00. The van der Waals surface area contributed by atoms with E-state index in [1.807, 2.05) is 13.0 Å². The van der Waals surface area contributed by atoms with E-state index in [1.54, 1.807) is 30.3 Å². The molecule has 0 spiro atoms. The van der Waals surface area contributed by atoms with Gasteiger partial charge in [0.25, 0.3) is 0 Å². The van der Waals surface area contributed by atoms with Gasteiger partial charge in [0.15, 0.2) is 17.3 Å². The van der Waals surface area contributed by atoms with Gasteiger partial charge in [-0.3, -0.25) is 4.79 Å². The van der Waals surface area contributed by atoms with Crippen molar-refractivity contribution in [2.45, 2.75) is 6.92 Å². The van der Waals surface area contributed by atoms with Gasteiger partial charge in [-0.1, -0.05) is 6.07 Å². The van der Waals surface area contributed by atoms with Crippen molar-refractivity contribution in [1.29, 1.82) is 0 Å². The Labute approximate surface area is 135 Å². The fraction of sp³-hybridized carbons (Fsp3) is 0.167. The number of phenols is 1. The number of benzene rings is 2. The molecule has 0 bridgehead atoms. The number of nitrogens with one attached hydrogen (secondary N) is 1. The van der Waals surface area contributed by atoms with Crippen LogP contribution in [0.25, 0.3) is 0 Å². The predicted octanol–water partition coefficient (Wildman–Crippen LogP) is 3.53. The summed E-state index contributed by atoms with van der Waals surface area (Å²) >= 11 is 0. The fourth-order valence-electron chi connectivity index (χ4n) is 2.06. The van der Waals surface area contributed by atoms with Gasteiger partial charge in [0.2, 0.25) is 0 Å². The topological polar surface area (TPSA) is 67.8 Å². The normalized spacial score (nSPS) is 10.6. The molecular formula is C18H19NO4. The summed E-state index contributed by atoms with van der Waals surface area (Å²) in [6, 6.07) is 10.2. The zero-order valence-corrected chi connectivity index (χ0v) is 13.3. The van der Waals surface area contributed by atoms with Crippen molar-refractivity contribution in [2.75, 3.05) is 19.5 Å². The van der Waals surface area contributed by atoms with Gasteiger partial charge in [-0.2, -0.15) is 0 Å². The van der Waals surface area contributed by atoms with E-state index in [1.165, 1.54) is 26.5 Å². The minimum atomic E-state index is -0.190. The van der Waals surface area contributed by atoms with E-state index in [9.17, 15) is 9.90 Å². The molecule has 0 radical (unpaired) electrons. The molecule has 23 heavy (non-hydrogen) atoms. The van der Waals surface area contributed by atoms with E-state index in [4.69, 9.17) is 9.47 Å². The summed E-state index contributed by atoms with van der Waals surface area (Å²) in [4.78, 5) is 12.2. The average Bonchev–Trinajstić information content (AvgIpc) is 2.56. The molecule has 120 valence electrons. The Morgan fingerprint density at radius 1 is 1.09 bits per heavy atom. The molecule has 0 aliphatic heterocycles. The van der Waals surface area contributed by atoms with Gasteiger partial charge >= 0.3 is 0 Å². The van der Waals surface area contributed by atoms with Crippen molar-refractivity contribution < 1.29 is 19.4 Å². The summed E-state index contributed by atoms with van der Waals surface area (Å²) in [5.41, 5.74) is 1.97. The van der Waals surface area contributed by atoms with Crippen molar-refractivity contribution in [3.8, 4) is 17.2 Å². The number of allylic oxidation sites excluding steroid dienone is 1. The first kappa shape index (κ1) is 16.4. The Morgan fingerprint density at radius 3 is 2.48 bits per heavy atom. The lowest BCUT2D eigenvalue weighted by molar-refractivity contribution is 0.104. The minimum absolute atomic E-state index is 0.133. The maximum atomic E-state index is 12.2. The number of hydrogen-bond donors (Lipinski definition) is 2. The zero-order chi connectivity index (χ0) is 16.8. The van der Waals surface area contributed by atoms with Crippen LogP contribution in [0, 0.1) is 6.92 Å². The molecule has 0 aliphatic carbocycles. The quantitative estimate of drug-likeness (QED) is 0.485. The standard InChI is InChI=1S/C18H19NO4/c1-12-4-6-14(16(21)10-12)19-9-8-15(20)13-5-7-17(22-2)18(11-13)23-3/h4-11,19,21H,1-3H3. The molecule has 0 heterocycles. The zero-order valence-electron chi connectivity index (χ0n) is 13.3. The lowest BCUT2D eigenvalue weighted by atomic mass is 10.1. The molecule has 2 aromatic rings. The summed E-state index contributed by atoms with van der Waals surface area (Å²) in [7, 11) is 3.06. The van der Waals surface area contributed by atoms with Gasteiger partial charge in [-0.25, -0.2) is 0 Å². The summed E-state index contributed by atoms with van der Waals surface area (Å²) in [6.45, 7) is 1.89. The number of aryl methyl sites for hydroxylation is 1.